The third-order valence-corrected chi connectivity index (χ3v) is 6.64. The van der Waals surface area contributed by atoms with Crippen LogP contribution in [0.5, 0.6) is 5.75 Å². The maximum atomic E-state index is 12.8. The number of hydrogen-bond acceptors (Lipinski definition) is 4. The van der Waals surface area contributed by atoms with Crippen molar-refractivity contribution in [1.29, 1.82) is 0 Å². The van der Waals surface area contributed by atoms with E-state index in [2.05, 4.69) is 53.7 Å². The van der Waals surface area contributed by atoms with Gasteiger partial charge in [0.15, 0.2) is 5.17 Å². The first-order chi connectivity index (χ1) is 16.0. The van der Waals surface area contributed by atoms with Crippen LogP contribution in [0.15, 0.2) is 70.6 Å². The lowest BCUT2D eigenvalue weighted by Crippen LogP contribution is -2.28. The monoisotopic (exact) mass is 459 g/mol. The Morgan fingerprint density at radius 2 is 1.76 bits per heavy atom. The maximum Gasteiger partial charge on any atom is 0.266 e. The van der Waals surface area contributed by atoms with Crippen LogP contribution in [0, 0.1) is 13.8 Å². The first kappa shape index (κ1) is 22.9. The second-order valence-corrected chi connectivity index (χ2v) is 8.86. The summed E-state index contributed by atoms with van der Waals surface area (Å²) in [5, 5.41) is 0.788. The molecule has 1 aliphatic rings. The molecule has 0 spiro atoms. The Morgan fingerprint density at radius 3 is 2.42 bits per heavy atom. The van der Waals surface area contributed by atoms with Gasteiger partial charge in [-0.1, -0.05) is 30.3 Å². The Kier molecular flexibility index (Phi) is 7.04. The van der Waals surface area contributed by atoms with Crippen molar-refractivity contribution in [2.45, 2.75) is 34.3 Å². The van der Waals surface area contributed by atoms with Gasteiger partial charge in [0.2, 0.25) is 0 Å². The van der Waals surface area contributed by atoms with Gasteiger partial charge < -0.3 is 9.30 Å². The van der Waals surface area contributed by atoms with Gasteiger partial charge in [0, 0.05) is 30.2 Å². The highest BCUT2D eigenvalue weighted by atomic mass is 32.2. The molecule has 0 bridgehead atoms. The number of carbonyl (C=O) groups is 1. The number of aromatic nitrogens is 1. The average Bonchev–Trinajstić information content (AvgIpc) is 3.28. The molecule has 1 aliphatic heterocycles. The minimum atomic E-state index is 0.0272. The van der Waals surface area contributed by atoms with E-state index in [1.807, 2.05) is 50.3 Å². The predicted octanol–water partition coefficient (Wildman–Crippen LogP) is 5.99. The molecule has 170 valence electrons. The number of amidine groups is 1. The summed E-state index contributed by atoms with van der Waals surface area (Å²) in [6, 6.07) is 20.4. The molecule has 0 aliphatic carbocycles. The normalized spacial score (nSPS) is 16.2. The highest BCUT2D eigenvalue weighted by Gasteiger charge is 2.32. The number of thioether (sulfide) groups is 1. The lowest BCUT2D eigenvalue weighted by molar-refractivity contribution is -0.122. The molecule has 1 fully saturated rings. The van der Waals surface area contributed by atoms with Gasteiger partial charge in [0.05, 0.1) is 4.91 Å². The summed E-state index contributed by atoms with van der Waals surface area (Å²) in [4.78, 5) is 19.8. The summed E-state index contributed by atoms with van der Waals surface area (Å²) in [6.45, 7) is 9.97. The van der Waals surface area contributed by atoms with Crippen LogP contribution in [0.2, 0.25) is 0 Å². The number of amides is 1. The van der Waals surface area contributed by atoms with Crippen LogP contribution in [0.25, 0.3) is 11.8 Å². The molecule has 1 amide bonds. The van der Waals surface area contributed by atoms with Crippen LogP contribution >= 0.6 is 11.8 Å². The molecule has 6 heteroatoms. The van der Waals surface area contributed by atoms with Crippen molar-refractivity contribution in [3.05, 3.63) is 88.1 Å². The smallest absolute Gasteiger partial charge is 0.266 e. The third kappa shape index (κ3) is 4.91. The lowest BCUT2D eigenvalue weighted by atomic mass is 10.2. The van der Waals surface area contributed by atoms with E-state index in [1.54, 1.807) is 4.90 Å². The number of ether oxygens (including phenoxy) is 1. The number of likely N-dealkylation sites (N-methyl/N-ethyl adjacent to an activating group) is 1. The van der Waals surface area contributed by atoms with Gasteiger partial charge in [-0.3, -0.25) is 14.7 Å². The second-order valence-electron chi connectivity index (χ2n) is 7.85. The fraction of sp³-hybridized carbons (Fsp3) is 0.259. The van der Waals surface area contributed by atoms with Crippen molar-refractivity contribution in [2.24, 2.45) is 4.99 Å². The Morgan fingerprint density at radius 1 is 1.03 bits per heavy atom. The van der Waals surface area contributed by atoms with Crippen molar-refractivity contribution in [1.82, 2.24) is 9.47 Å². The summed E-state index contributed by atoms with van der Waals surface area (Å²) in [5.41, 5.74) is 5.46. The highest BCUT2D eigenvalue weighted by Crippen LogP contribution is 2.34. The fourth-order valence-electron chi connectivity index (χ4n) is 3.94. The molecule has 0 radical (unpaired) electrons. The molecule has 1 aromatic heterocycles. The van der Waals surface area contributed by atoms with E-state index in [1.165, 1.54) is 11.8 Å². The Hall–Kier alpha value is -3.25. The van der Waals surface area contributed by atoms with Crippen molar-refractivity contribution in [3.63, 3.8) is 0 Å². The van der Waals surface area contributed by atoms with Gasteiger partial charge in [0.1, 0.15) is 12.4 Å². The van der Waals surface area contributed by atoms with Crippen LogP contribution < -0.4 is 4.74 Å². The van der Waals surface area contributed by atoms with Gasteiger partial charge in [0.25, 0.3) is 5.91 Å². The topological polar surface area (TPSA) is 46.8 Å². The quantitative estimate of drug-likeness (QED) is 0.408. The van der Waals surface area contributed by atoms with E-state index in [9.17, 15) is 4.79 Å². The standard InChI is InChI=1S/C27H29N3O2S/c1-5-28-27-29(6-2)26(31)25(33-27)17-22-16-19(3)30(20(22)4)23-12-14-24(15-13-23)32-18-21-10-8-7-9-11-21/h7-17H,5-6,18H2,1-4H3/b25-17+,28-27?. The van der Waals surface area contributed by atoms with Crippen molar-refractivity contribution in [2.75, 3.05) is 13.1 Å². The molecule has 2 heterocycles. The first-order valence-electron chi connectivity index (χ1n) is 11.2. The summed E-state index contributed by atoms with van der Waals surface area (Å²) >= 11 is 1.46. The van der Waals surface area contributed by atoms with E-state index >= 15 is 0 Å². The summed E-state index contributed by atoms with van der Waals surface area (Å²) in [6.07, 6.45) is 1.99. The van der Waals surface area contributed by atoms with E-state index in [4.69, 9.17) is 4.74 Å². The zero-order valence-corrected chi connectivity index (χ0v) is 20.4. The van der Waals surface area contributed by atoms with Crippen molar-refractivity contribution >= 4 is 28.9 Å². The number of nitrogens with zero attached hydrogens (tertiary/aromatic N) is 3. The average molecular weight is 460 g/mol. The SMILES string of the molecule is CCN=C1S/C(=C/c2cc(C)n(-c3ccc(OCc4ccccc4)cc3)c2C)C(=O)N1CC. The van der Waals surface area contributed by atoms with Crippen LogP contribution in [0.1, 0.15) is 36.4 Å². The number of aliphatic imine (C=N–C) groups is 1. The van der Waals surface area contributed by atoms with E-state index in [0.29, 0.717) is 24.6 Å². The molecule has 0 atom stereocenters. The minimum absolute atomic E-state index is 0.0272. The summed E-state index contributed by atoms with van der Waals surface area (Å²) in [7, 11) is 0. The molecule has 3 aromatic rings. The Bertz CT molecular complexity index is 1190. The Balaban J connectivity index is 1.55. The zero-order valence-electron chi connectivity index (χ0n) is 19.5. The van der Waals surface area contributed by atoms with Gasteiger partial charge in [-0.15, -0.1) is 0 Å². The van der Waals surface area contributed by atoms with Gasteiger partial charge in [-0.25, -0.2) is 0 Å². The summed E-state index contributed by atoms with van der Waals surface area (Å²) in [5.74, 6) is 0.863. The molecule has 0 saturated carbocycles. The second kappa shape index (κ2) is 10.1. The number of aryl methyl sites for hydroxylation is 1. The number of hydrogen-bond donors (Lipinski definition) is 0. The van der Waals surface area contributed by atoms with Gasteiger partial charge >= 0.3 is 0 Å². The van der Waals surface area contributed by atoms with E-state index in [-0.39, 0.29) is 5.91 Å². The van der Waals surface area contributed by atoms with Crippen molar-refractivity contribution in [3.8, 4) is 11.4 Å². The minimum Gasteiger partial charge on any atom is -0.489 e. The lowest BCUT2D eigenvalue weighted by Gasteiger charge is -2.12. The van der Waals surface area contributed by atoms with E-state index in [0.717, 1.165) is 39.1 Å². The largest absolute Gasteiger partial charge is 0.489 e. The molecular formula is C27H29N3O2S. The molecule has 1 saturated heterocycles. The van der Waals surface area contributed by atoms with Crippen LogP contribution in [-0.2, 0) is 11.4 Å². The molecule has 0 N–H and O–H groups in total. The van der Waals surface area contributed by atoms with Crippen LogP contribution in [0.4, 0.5) is 0 Å². The molecule has 0 unspecified atom stereocenters. The Labute approximate surface area is 199 Å². The van der Waals surface area contributed by atoms with Crippen LogP contribution in [-0.4, -0.2) is 33.6 Å². The highest BCUT2D eigenvalue weighted by molar-refractivity contribution is 8.18. The zero-order chi connectivity index (χ0) is 23.4. The first-order valence-corrected chi connectivity index (χ1v) is 12.1. The third-order valence-electron chi connectivity index (χ3n) is 5.60. The van der Waals surface area contributed by atoms with Gasteiger partial charge in [-0.2, -0.15) is 0 Å². The van der Waals surface area contributed by atoms with Crippen molar-refractivity contribution < 1.29 is 9.53 Å². The fourth-order valence-corrected chi connectivity index (χ4v) is 5.04. The number of rotatable bonds is 7. The molecule has 4 rings (SSSR count). The molecule has 2 aromatic carbocycles. The van der Waals surface area contributed by atoms with Gasteiger partial charge in [-0.05, 0) is 87.0 Å². The molecule has 33 heavy (non-hydrogen) atoms. The van der Waals surface area contributed by atoms with E-state index < -0.39 is 0 Å². The van der Waals surface area contributed by atoms with Crippen LogP contribution in [0.3, 0.4) is 0 Å². The number of carbonyl (C=O) groups excluding carboxylic acids is 1. The summed E-state index contributed by atoms with van der Waals surface area (Å²) < 4.78 is 8.13. The maximum absolute atomic E-state index is 12.8. The number of benzene rings is 2. The molecule has 5 nitrogen and oxygen atoms in total. The molecular weight excluding hydrogens is 430 g/mol. The predicted molar refractivity (Wildman–Crippen MR) is 137 cm³/mol.